The molecule has 0 saturated carbocycles. The van der Waals surface area contributed by atoms with Crippen LogP contribution in [0.1, 0.15) is 54.8 Å². The molecule has 1 aliphatic rings. The third kappa shape index (κ3) is 0.881. The van der Waals surface area contributed by atoms with Crippen molar-refractivity contribution in [3.05, 3.63) is 5.21 Å². The number of rotatable bonds is 0. The van der Waals surface area contributed by atoms with E-state index in [1.54, 1.807) is 0 Å². The highest BCUT2D eigenvalue weighted by Gasteiger charge is 2.55. The summed E-state index contributed by atoms with van der Waals surface area (Å²) in [5.74, 6) is 0. The van der Waals surface area contributed by atoms with Gasteiger partial charge in [0.25, 0.3) is 0 Å². The highest BCUT2D eigenvalue weighted by molar-refractivity contribution is 5.87. The van der Waals surface area contributed by atoms with Gasteiger partial charge in [-0.05, 0) is 13.7 Å². The molecule has 1 heterocycles. The second-order valence-corrected chi connectivity index (χ2v) is 2.32. The number of hydroxylamine groups is 3. The fraction of sp³-hybridized carbons (Fsp3) is 0.875. The van der Waals surface area contributed by atoms with Gasteiger partial charge in [0.2, 0.25) is 5.66 Å². The van der Waals surface area contributed by atoms with Gasteiger partial charge in [-0.1, -0.05) is 5.06 Å². The van der Waals surface area contributed by atoms with Gasteiger partial charge < -0.3 is 5.21 Å². The minimum absolute atomic E-state index is 1.27. The molecule has 0 amide bonds. The SMILES string of the molecule is [2H]C([2H])([2H])C1=[N+]([O-])C(C([2H])([2H])[2H])(C([2H])([2H])[2H])N([O])C1(C([2H])([2H])[2H])C([2H])([2H])[2H]. The molecule has 0 saturated heterocycles. The quantitative estimate of drug-likeness (QED) is 0.420. The Morgan fingerprint density at radius 2 is 2.17 bits per heavy atom. The predicted molar refractivity (Wildman–Crippen MR) is 45.0 cm³/mol. The van der Waals surface area contributed by atoms with Crippen LogP contribution >= 0.6 is 0 Å². The highest BCUT2D eigenvalue weighted by Crippen LogP contribution is 2.31. The fourth-order valence-electron chi connectivity index (χ4n) is 0.730. The van der Waals surface area contributed by atoms with E-state index < -0.39 is 61.0 Å². The normalized spacial score (nSPS) is 51.9. The highest BCUT2D eigenvalue weighted by atomic mass is 16.6. The molecule has 0 N–H and O–H groups in total. The average molecular weight is 186 g/mol. The maximum atomic E-state index is 13.0. The summed E-state index contributed by atoms with van der Waals surface area (Å²) in [5, 5.41) is 24.3. The van der Waals surface area contributed by atoms with Gasteiger partial charge in [-0.25, -0.2) is 0 Å². The van der Waals surface area contributed by atoms with Crippen LogP contribution in [0.15, 0.2) is 0 Å². The van der Waals surface area contributed by atoms with Crippen LogP contribution in [-0.2, 0) is 5.21 Å². The van der Waals surface area contributed by atoms with E-state index >= 15 is 0 Å². The Kier molecular flexibility index (Phi) is 0.324. The molecular weight excluding hydrogens is 156 g/mol. The Morgan fingerprint density at radius 3 is 2.50 bits per heavy atom. The van der Waals surface area contributed by atoms with Crippen molar-refractivity contribution in [2.75, 3.05) is 0 Å². The molecule has 12 heavy (non-hydrogen) atoms. The summed E-state index contributed by atoms with van der Waals surface area (Å²) < 4.78 is 110. The second kappa shape index (κ2) is 2.20. The molecule has 1 rings (SSSR count). The first kappa shape index (κ1) is 1.77. The molecule has 0 aliphatic carbocycles. The lowest BCUT2D eigenvalue weighted by Crippen LogP contribution is -2.50. The Hall–Kier alpha value is -0.610. The third-order valence-electron chi connectivity index (χ3n) is 1.44. The maximum Gasteiger partial charge on any atom is 0.248 e. The molecule has 1 radical (unpaired) electrons. The largest absolute Gasteiger partial charge is 0.622 e. The zero-order chi connectivity index (χ0) is 22.2. The van der Waals surface area contributed by atoms with Crippen LogP contribution in [0.3, 0.4) is 0 Å². The zero-order valence-corrected chi connectivity index (χ0v) is 5.71. The van der Waals surface area contributed by atoms with Crippen molar-refractivity contribution in [2.24, 2.45) is 0 Å². The van der Waals surface area contributed by atoms with Gasteiger partial charge in [-0.15, -0.1) is 5.21 Å². The molecule has 0 aromatic carbocycles. The minimum Gasteiger partial charge on any atom is -0.622 e. The Balaban J connectivity index is 4.37. The van der Waals surface area contributed by atoms with Crippen molar-refractivity contribution in [2.45, 2.75) is 45.5 Å². The number of nitrogens with zero attached hydrogens (tertiary/aromatic N) is 2. The summed E-state index contributed by atoms with van der Waals surface area (Å²) in [4.78, 5) is 0. The molecule has 4 heteroatoms. The number of hydrogen-bond acceptors (Lipinski definition) is 2. The van der Waals surface area contributed by atoms with Gasteiger partial charge >= 0.3 is 0 Å². The minimum atomic E-state index is -4.30. The lowest BCUT2D eigenvalue weighted by molar-refractivity contribution is -0.587. The van der Waals surface area contributed by atoms with E-state index in [0.717, 1.165) is 0 Å². The van der Waals surface area contributed by atoms with Crippen molar-refractivity contribution in [1.29, 1.82) is 0 Å². The molecule has 0 bridgehead atoms. The van der Waals surface area contributed by atoms with Gasteiger partial charge in [0.05, 0.1) is 0 Å². The lowest BCUT2D eigenvalue weighted by Gasteiger charge is -2.27. The average Bonchev–Trinajstić information content (AvgIpc) is 2.50. The summed E-state index contributed by atoms with van der Waals surface area (Å²) in [6, 6.07) is 0. The fourth-order valence-corrected chi connectivity index (χ4v) is 0.730. The van der Waals surface area contributed by atoms with Crippen LogP contribution in [0.5, 0.6) is 0 Å². The van der Waals surface area contributed by atoms with Crippen LogP contribution in [0.2, 0.25) is 0 Å². The molecule has 69 valence electrons. The maximum absolute atomic E-state index is 13.0. The van der Waals surface area contributed by atoms with E-state index in [9.17, 15) is 10.4 Å². The molecular formula is C8H15N2O2. The Morgan fingerprint density at radius 1 is 1.50 bits per heavy atom. The first-order valence-corrected chi connectivity index (χ1v) is 2.76. The van der Waals surface area contributed by atoms with Crippen LogP contribution in [-0.4, -0.2) is 26.7 Å². The zero-order valence-electron chi connectivity index (χ0n) is 20.7. The third-order valence-corrected chi connectivity index (χ3v) is 1.44. The van der Waals surface area contributed by atoms with Gasteiger partial charge in [0, 0.05) is 41.1 Å². The lowest BCUT2D eigenvalue weighted by atomic mass is 10.0. The van der Waals surface area contributed by atoms with E-state index in [1.807, 2.05) is 0 Å². The smallest absolute Gasteiger partial charge is 0.248 e. The van der Waals surface area contributed by atoms with Gasteiger partial charge in [-0.3, -0.25) is 0 Å². The predicted octanol–water partition coefficient (Wildman–Crippen LogP) is 1.13. The monoisotopic (exact) mass is 186 g/mol. The first-order chi connectivity index (χ1) is 11.4. The van der Waals surface area contributed by atoms with E-state index in [-0.39, 0.29) is 0 Å². The Labute approximate surface area is 93.7 Å². The summed E-state index contributed by atoms with van der Waals surface area (Å²) in [6.07, 6.45) is 0. The van der Waals surface area contributed by atoms with Gasteiger partial charge in [0.1, 0.15) is 5.54 Å². The molecule has 4 nitrogen and oxygen atoms in total. The standard InChI is InChI=1S/C8H15N2O2/c1-6-7(2,3)10(12)8(4,5)9(6)11/h1-5H3/i1D3,2D3,3D3,4D3,5D3. The van der Waals surface area contributed by atoms with Crippen molar-refractivity contribution in [3.63, 3.8) is 0 Å². The number of hydrogen-bond donors (Lipinski definition) is 0. The van der Waals surface area contributed by atoms with E-state index in [2.05, 4.69) is 0 Å². The van der Waals surface area contributed by atoms with Crippen LogP contribution in [0.4, 0.5) is 0 Å². The van der Waals surface area contributed by atoms with Crippen LogP contribution < -0.4 is 0 Å². The van der Waals surface area contributed by atoms with Crippen LogP contribution in [0, 0.1) is 5.21 Å². The first-order valence-electron chi connectivity index (χ1n) is 10.3. The van der Waals surface area contributed by atoms with Crippen molar-refractivity contribution in [1.82, 2.24) is 5.06 Å². The van der Waals surface area contributed by atoms with Crippen molar-refractivity contribution < 1.29 is 30.5 Å². The van der Waals surface area contributed by atoms with Crippen molar-refractivity contribution in [3.8, 4) is 0 Å². The van der Waals surface area contributed by atoms with Gasteiger partial charge in [0.15, 0.2) is 5.71 Å². The summed E-state index contributed by atoms with van der Waals surface area (Å²) >= 11 is 0. The van der Waals surface area contributed by atoms with Crippen molar-refractivity contribution >= 4 is 5.71 Å². The molecule has 0 fully saturated rings. The molecule has 0 aromatic rings. The Bertz CT molecular complexity index is 605. The van der Waals surface area contributed by atoms with E-state index in [1.165, 1.54) is 0 Å². The second-order valence-electron chi connectivity index (χ2n) is 2.32. The summed E-state index contributed by atoms with van der Waals surface area (Å²) in [6.45, 7) is -20.4. The molecule has 0 unspecified atom stereocenters. The summed E-state index contributed by atoms with van der Waals surface area (Å²) in [7, 11) is 0. The molecule has 0 aromatic heterocycles. The molecule has 0 atom stereocenters. The van der Waals surface area contributed by atoms with E-state index in [4.69, 9.17) is 20.6 Å². The molecule has 1 aliphatic heterocycles. The summed E-state index contributed by atoms with van der Waals surface area (Å²) in [5.41, 5.74) is -10.7. The van der Waals surface area contributed by atoms with Gasteiger partial charge in [-0.2, -0.15) is 4.74 Å². The molecule has 0 spiro atoms. The topological polar surface area (TPSA) is 49.2 Å². The van der Waals surface area contributed by atoms with Crippen LogP contribution in [0.25, 0.3) is 0 Å². The van der Waals surface area contributed by atoms with E-state index in [0.29, 0.717) is 0 Å².